The van der Waals surface area contributed by atoms with Crippen molar-refractivity contribution < 1.29 is 23.4 Å². The molecule has 0 aliphatic heterocycles. The number of rotatable bonds is 9. The Morgan fingerprint density at radius 1 is 1.07 bits per heavy atom. The highest BCUT2D eigenvalue weighted by molar-refractivity contribution is 7.18. The maximum absolute atomic E-state index is 12.4. The Kier molecular flexibility index (Phi) is 7.10. The lowest BCUT2D eigenvalue weighted by molar-refractivity contribution is 0.0802. The molecule has 41 heavy (non-hydrogen) atoms. The minimum Gasteiger partial charge on any atom is -0.496 e. The third kappa shape index (κ3) is 5.11. The SMILES string of the molecule is CCN(C)C(=O)c1ccc(-c2nc(COc3cc(OC)cc4oc(-c5cn6nc(OC)sc6n5)cc34)c(C)s2)cc1. The first kappa shape index (κ1) is 26.8. The number of methoxy groups -OCH3 is 2. The Hall–Kier alpha value is -4.42. The van der Waals surface area contributed by atoms with Gasteiger partial charge in [0, 0.05) is 41.7 Å². The number of thiazole rings is 1. The molecule has 210 valence electrons. The summed E-state index contributed by atoms with van der Waals surface area (Å²) in [6.07, 6.45) is 1.80. The highest BCUT2D eigenvalue weighted by Crippen LogP contribution is 2.38. The van der Waals surface area contributed by atoms with Crippen molar-refractivity contribution in [1.82, 2.24) is 24.5 Å². The fourth-order valence-corrected chi connectivity index (χ4v) is 5.90. The summed E-state index contributed by atoms with van der Waals surface area (Å²) in [7, 11) is 4.98. The number of aryl methyl sites for hydroxylation is 1. The predicted octanol–water partition coefficient (Wildman–Crippen LogP) is 6.32. The van der Waals surface area contributed by atoms with E-state index in [-0.39, 0.29) is 12.5 Å². The van der Waals surface area contributed by atoms with Gasteiger partial charge in [-0.25, -0.2) is 14.5 Å². The van der Waals surface area contributed by atoms with E-state index in [4.69, 9.17) is 23.6 Å². The lowest BCUT2D eigenvalue weighted by Crippen LogP contribution is -2.26. The molecule has 0 saturated heterocycles. The van der Waals surface area contributed by atoms with Gasteiger partial charge in [-0.3, -0.25) is 4.79 Å². The van der Waals surface area contributed by atoms with Gasteiger partial charge in [-0.05, 0) is 43.4 Å². The van der Waals surface area contributed by atoms with Gasteiger partial charge in [-0.1, -0.05) is 12.1 Å². The first-order valence-electron chi connectivity index (χ1n) is 12.8. The third-order valence-corrected chi connectivity index (χ3v) is 8.66. The molecule has 4 aromatic heterocycles. The van der Waals surface area contributed by atoms with Gasteiger partial charge >= 0.3 is 0 Å². The van der Waals surface area contributed by atoms with E-state index in [2.05, 4.69) is 10.1 Å². The maximum atomic E-state index is 12.4. The smallest absolute Gasteiger partial charge is 0.294 e. The zero-order valence-corrected chi connectivity index (χ0v) is 24.8. The van der Waals surface area contributed by atoms with Crippen molar-refractivity contribution in [2.24, 2.45) is 0 Å². The Morgan fingerprint density at radius 3 is 2.59 bits per heavy atom. The van der Waals surface area contributed by atoms with Crippen LogP contribution >= 0.6 is 22.7 Å². The van der Waals surface area contributed by atoms with Gasteiger partial charge in [-0.2, -0.15) is 0 Å². The van der Waals surface area contributed by atoms with Crippen molar-refractivity contribution in [3.63, 3.8) is 0 Å². The fraction of sp³-hybridized carbons (Fsp3) is 0.241. The average Bonchev–Trinajstić information content (AvgIpc) is 3.77. The van der Waals surface area contributed by atoms with Crippen molar-refractivity contribution in [3.8, 4) is 38.7 Å². The molecule has 0 bridgehead atoms. The number of nitrogens with zero attached hydrogens (tertiary/aromatic N) is 5. The molecule has 2 aromatic carbocycles. The number of hydrogen-bond donors (Lipinski definition) is 0. The van der Waals surface area contributed by atoms with Gasteiger partial charge in [0.05, 0.1) is 31.5 Å². The molecule has 0 saturated carbocycles. The summed E-state index contributed by atoms with van der Waals surface area (Å²) in [6.45, 7) is 4.91. The van der Waals surface area contributed by atoms with E-state index in [1.807, 2.05) is 56.3 Å². The first-order chi connectivity index (χ1) is 19.9. The number of imidazole rings is 1. The van der Waals surface area contributed by atoms with Gasteiger partial charge < -0.3 is 23.5 Å². The summed E-state index contributed by atoms with van der Waals surface area (Å²) in [6, 6.07) is 13.1. The number of furan rings is 1. The number of carbonyl (C=O) groups is 1. The Balaban J connectivity index is 1.24. The van der Waals surface area contributed by atoms with Crippen molar-refractivity contribution in [2.45, 2.75) is 20.5 Å². The number of amides is 1. The number of aromatic nitrogens is 4. The molecule has 0 radical (unpaired) electrons. The van der Waals surface area contributed by atoms with Gasteiger partial charge in [0.1, 0.15) is 34.4 Å². The van der Waals surface area contributed by atoms with E-state index in [1.54, 1.807) is 48.2 Å². The van der Waals surface area contributed by atoms with Crippen LogP contribution in [-0.4, -0.2) is 58.2 Å². The highest BCUT2D eigenvalue weighted by atomic mass is 32.1. The second-order valence-corrected chi connectivity index (χ2v) is 11.4. The van der Waals surface area contributed by atoms with Crippen LogP contribution < -0.4 is 14.2 Å². The molecule has 0 aliphatic carbocycles. The lowest BCUT2D eigenvalue weighted by Gasteiger charge is -2.14. The van der Waals surface area contributed by atoms with Gasteiger partial charge in [0.15, 0.2) is 5.76 Å². The minimum absolute atomic E-state index is 0.0000947. The van der Waals surface area contributed by atoms with E-state index in [0.29, 0.717) is 50.8 Å². The lowest BCUT2D eigenvalue weighted by atomic mass is 10.1. The molecule has 0 fully saturated rings. The summed E-state index contributed by atoms with van der Waals surface area (Å²) >= 11 is 2.94. The van der Waals surface area contributed by atoms with Crippen molar-refractivity contribution in [3.05, 3.63) is 64.8 Å². The van der Waals surface area contributed by atoms with Crippen LogP contribution in [0.5, 0.6) is 16.7 Å². The first-order valence-corrected chi connectivity index (χ1v) is 14.5. The zero-order chi connectivity index (χ0) is 28.7. The molecule has 0 atom stereocenters. The predicted molar refractivity (Wildman–Crippen MR) is 158 cm³/mol. The van der Waals surface area contributed by atoms with Gasteiger partial charge in [-0.15, -0.1) is 16.4 Å². The molecule has 10 nitrogen and oxygen atoms in total. The summed E-state index contributed by atoms with van der Waals surface area (Å²) in [4.78, 5) is 25.4. The average molecular weight is 590 g/mol. The number of ether oxygens (including phenoxy) is 3. The second-order valence-electron chi connectivity index (χ2n) is 9.28. The van der Waals surface area contributed by atoms with Crippen molar-refractivity contribution >= 4 is 44.5 Å². The molecule has 6 aromatic rings. The summed E-state index contributed by atoms with van der Waals surface area (Å²) < 4.78 is 24.8. The minimum atomic E-state index is 0.0000947. The standard InChI is InChI=1S/C29H27N5O5S2/c1-6-33(3)27(35)18-9-7-17(8-10-18)26-30-22(16(2)40-26)15-38-23-11-19(36-4)12-24-20(23)13-25(39-24)21-14-34-28(31-21)41-29(32-34)37-5/h7-14H,6,15H2,1-5H3. The number of fused-ring (bicyclic) bond motifs is 2. The quantitative estimate of drug-likeness (QED) is 0.193. The van der Waals surface area contributed by atoms with E-state index < -0.39 is 0 Å². The Bertz CT molecular complexity index is 1840. The largest absolute Gasteiger partial charge is 0.496 e. The molecule has 0 aliphatic rings. The fourth-order valence-electron chi connectivity index (χ4n) is 4.28. The van der Waals surface area contributed by atoms with Crippen LogP contribution in [0.1, 0.15) is 27.9 Å². The molecular formula is C29H27N5O5S2. The Morgan fingerprint density at radius 2 is 1.88 bits per heavy atom. The number of benzene rings is 2. The van der Waals surface area contributed by atoms with Crippen molar-refractivity contribution in [1.29, 1.82) is 0 Å². The topological polar surface area (TPSA) is 104 Å². The van der Waals surface area contributed by atoms with Crippen LogP contribution in [0.2, 0.25) is 0 Å². The second kappa shape index (κ2) is 10.9. The van der Waals surface area contributed by atoms with Crippen LogP contribution in [0.15, 0.2) is 53.1 Å². The highest BCUT2D eigenvalue weighted by Gasteiger charge is 2.18. The van der Waals surface area contributed by atoms with Crippen LogP contribution in [0, 0.1) is 6.92 Å². The number of hydrogen-bond acceptors (Lipinski definition) is 10. The van der Waals surface area contributed by atoms with E-state index in [0.717, 1.165) is 26.5 Å². The third-order valence-electron chi connectivity index (χ3n) is 6.72. The van der Waals surface area contributed by atoms with E-state index in [1.165, 1.54) is 11.3 Å². The molecule has 0 spiro atoms. The van der Waals surface area contributed by atoms with Crippen LogP contribution in [-0.2, 0) is 6.61 Å². The molecule has 0 unspecified atom stereocenters. The normalized spacial score (nSPS) is 11.3. The molecule has 1 amide bonds. The van der Waals surface area contributed by atoms with Crippen LogP contribution in [0.4, 0.5) is 0 Å². The zero-order valence-electron chi connectivity index (χ0n) is 23.1. The Labute approximate surface area is 243 Å². The van der Waals surface area contributed by atoms with E-state index >= 15 is 0 Å². The summed E-state index contributed by atoms with van der Waals surface area (Å²) in [5.74, 6) is 1.82. The van der Waals surface area contributed by atoms with Crippen molar-refractivity contribution in [2.75, 3.05) is 27.8 Å². The monoisotopic (exact) mass is 589 g/mol. The maximum Gasteiger partial charge on any atom is 0.294 e. The van der Waals surface area contributed by atoms with Gasteiger partial charge in [0.2, 0.25) is 4.96 Å². The van der Waals surface area contributed by atoms with E-state index in [9.17, 15) is 4.79 Å². The molecular weight excluding hydrogens is 562 g/mol. The van der Waals surface area contributed by atoms with Gasteiger partial charge in [0.25, 0.3) is 11.1 Å². The number of carbonyl (C=O) groups excluding carboxylic acids is 1. The summed E-state index contributed by atoms with van der Waals surface area (Å²) in [5, 5.41) is 6.54. The molecule has 6 rings (SSSR count). The molecule has 0 N–H and O–H groups in total. The molecule has 12 heteroatoms. The van der Waals surface area contributed by atoms with Crippen LogP contribution in [0.3, 0.4) is 0 Å². The molecule has 4 heterocycles. The van der Waals surface area contributed by atoms with Crippen LogP contribution in [0.25, 0.3) is 38.0 Å². The summed E-state index contributed by atoms with van der Waals surface area (Å²) in [5.41, 5.74) is 3.72.